The Hall–Kier alpha value is -2.09. The number of nitrogens with zero attached hydrogens (tertiary/aromatic N) is 4. The molecular formula is C16H16Cl2N6S. The van der Waals surface area contributed by atoms with Gasteiger partial charge in [0.25, 0.3) is 0 Å². The fourth-order valence-electron chi connectivity index (χ4n) is 2.27. The molecule has 1 aromatic carbocycles. The number of hydrogen-bond acceptors (Lipinski definition) is 3. The highest BCUT2D eigenvalue weighted by Gasteiger charge is 2.09. The number of thiocarbonyl (C=S) groups is 1. The number of nitrogens with one attached hydrogen (secondary N) is 2. The molecule has 0 atom stereocenters. The molecule has 0 fully saturated rings. The second kappa shape index (κ2) is 7.43. The summed E-state index contributed by atoms with van der Waals surface area (Å²) >= 11 is 17.7. The van der Waals surface area contributed by atoms with Gasteiger partial charge in [-0.2, -0.15) is 10.2 Å². The SMILES string of the molecule is Cc1c(NC(=S)Nc2cnn(Cc3c(Cl)cccc3Cl)c2)cnn1C. The van der Waals surface area contributed by atoms with Crippen molar-refractivity contribution in [1.82, 2.24) is 19.6 Å². The fourth-order valence-corrected chi connectivity index (χ4v) is 3.01. The molecule has 9 heteroatoms. The lowest BCUT2D eigenvalue weighted by Crippen LogP contribution is -2.19. The van der Waals surface area contributed by atoms with Crippen LogP contribution in [0.5, 0.6) is 0 Å². The molecule has 0 aliphatic carbocycles. The van der Waals surface area contributed by atoms with Gasteiger partial charge in [0.15, 0.2) is 5.11 Å². The van der Waals surface area contributed by atoms with Crippen molar-refractivity contribution in [3.8, 4) is 0 Å². The van der Waals surface area contributed by atoms with Crippen molar-refractivity contribution in [3.05, 3.63) is 58.1 Å². The Morgan fingerprint density at radius 1 is 1.16 bits per heavy atom. The molecule has 0 unspecified atom stereocenters. The Morgan fingerprint density at radius 2 is 1.88 bits per heavy atom. The lowest BCUT2D eigenvalue weighted by Gasteiger charge is -2.08. The number of hydrogen-bond donors (Lipinski definition) is 2. The van der Waals surface area contributed by atoms with Crippen LogP contribution in [-0.4, -0.2) is 24.7 Å². The largest absolute Gasteiger partial charge is 0.330 e. The number of aryl methyl sites for hydroxylation is 1. The van der Waals surface area contributed by atoms with Crippen molar-refractivity contribution < 1.29 is 0 Å². The fraction of sp³-hybridized carbons (Fsp3) is 0.188. The highest BCUT2D eigenvalue weighted by molar-refractivity contribution is 7.80. The van der Waals surface area contributed by atoms with Crippen molar-refractivity contribution >= 4 is 51.9 Å². The van der Waals surface area contributed by atoms with Crippen molar-refractivity contribution in [2.45, 2.75) is 13.5 Å². The average Bonchev–Trinajstić information content (AvgIpc) is 3.12. The molecule has 0 aliphatic rings. The first-order chi connectivity index (χ1) is 11.9. The van der Waals surface area contributed by atoms with Crippen LogP contribution in [0.3, 0.4) is 0 Å². The van der Waals surface area contributed by atoms with E-state index in [1.807, 2.05) is 26.2 Å². The Kier molecular flexibility index (Phi) is 5.27. The second-order valence-electron chi connectivity index (χ2n) is 5.47. The van der Waals surface area contributed by atoms with E-state index in [0.29, 0.717) is 21.7 Å². The van der Waals surface area contributed by atoms with Crippen LogP contribution in [-0.2, 0) is 13.6 Å². The Bertz CT molecular complexity index is 897. The molecule has 2 N–H and O–H groups in total. The zero-order chi connectivity index (χ0) is 18.0. The van der Waals surface area contributed by atoms with E-state index in [9.17, 15) is 0 Å². The molecule has 130 valence electrons. The summed E-state index contributed by atoms with van der Waals surface area (Å²) in [6, 6.07) is 5.43. The maximum absolute atomic E-state index is 6.20. The minimum absolute atomic E-state index is 0.464. The zero-order valence-electron chi connectivity index (χ0n) is 13.6. The van der Waals surface area contributed by atoms with E-state index in [1.165, 1.54) is 0 Å². The summed E-state index contributed by atoms with van der Waals surface area (Å²) in [4.78, 5) is 0. The predicted octanol–water partition coefficient (Wildman–Crippen LogP) is 4.09. The molecule has 0 saturated heterocycles. The number of rotatable bonds is 4. The number of benzene rings is 1. The van der Waals surface area contributed by atoms with Crippen LogP contribution in [0.2, 0.25) is 10.0 Å². The third-order valence-corrected chi connectivity index (χ3v) is 4.67. The van der Waals surface area contributed by atoms with E-state index in [-0.39, 0.29) is 0 Å². The van der Waals surface area contributed by atoms with Crippen LogP contribution in [0.1, 0.15) is 11.3 Å². The van der Waals surface area contributed by atoms with E-state index in [4.69, 9.17) is 35.4 Å². The molecule has 25 heavy (non-hydrogen) atoms. The summed E-state index contributed by atoms with van der Waals surface area (Å²) < 4.78 is 3.52. The molecule has 3 aromatic rings. The van der Waals surface area contributed by atoms with E-state index >= 15 is 0 Å². The molecule has 2 heterocycles. The van der Waals surface area contributed by atoms with Gasteiger partial charge in [-0.3, -0.25) is 9.36 Å². The quantitative estimate of drug-likeness (QED) is 0.652. The monoisotopic (exact) mass is 394 g/mol. The number of halogens is 2. The molecule has 0 bridgehead atoms. The topological polar surface area (TPSA) is 59.7 Å². The standard InChI is InChI=1S/C16H16Cl2N6S/c1-10-15(7-19-23(10)2)22-16(25)21-11-6-20-24(8-11)9-12-13(17)4-3-5-14(12)18/h3-8H,9H2,1-2H3,(H2,21,22,25). The maximum atomic E-state index is 6.20. The molecule has 0 spiro atoms. The van der Waals surface area contributed by atoms with Crippen LogP contribution >= 0.6 is 35.4 Å². The minimum Gasteiger partial charge on any atom is -0.330 e. The second-order valence-corrected chi connectivity index (χ2v) is 6.70. The average molecular weight is 395 g/mol. The summed E-state index contributed by atoms with van der Waals surface area (Å²) in [6.45, 7) is 2.44. The van der Waals surface area contributed by atoms with E-state index in [2.05, 4.69) is 20.8 Å². The van der Waals surface area contributed by atoms with Crippen LogP contribution < -0.4 is 10.6 Å². The highest BCUT2D eigenvalue weighted by atomic mass is 35.5. The normalized spacial score (nSPS) is 10.7. The van der Waals surface area contributed by atoms with Crippen LogP contribution in [0.4, 0.5) is 11.4 Å². The van der Waals surface area contributed by atoms with E-state index < -0.39 is 0 Å². The Morgan fingerprint density at radius 3 is 2.52 bits per heavy atom. The predicted molar refractivity (Wildman–Crippen MR) is 106 cm³/mol. The summed E-state index contributed by atoms with van der Waals surface area (Å²) in [5, 5.41) is 16.4. The van der Waals surface area contributed by atoms with Gasteiger partial charge in [0.05, 0.1) is 36.0 Å². The Balaban J connectivity index is 1.65. The van der Waals surface area contributed by atoms with Gasteiger partial charge in [0, 0.05) is 28.9 Å². The van der Waals surface area contributed by atoms with Crippen molar-refractivity contribution in [3.63, 3.8) is 0 Å². The third-order valence-electron chi connectivity index (χ3n) is 3.76. The van der Waals surface area contributed by atoms with Gasteiger partial charge in [-0.25, -0.2) is 0 Å². The molecule has 0 saturated carbocycles. The minimum atomic E-state index is 0.464. The van der Waals surface area contributed by atoms with Gasteiger partial charge in [0.1, 0.15) is 0 Å². The van der Waals surface area contributed by atoms with Crippen molar-refractivity contribution in [2.75, 3.05) is 10.6 Å². The summed E-state index contributed by atoms with van der Waals surface area (Å²) in [5.74, 6) is 0. The molecule has 0 radical (unpaired) electrons. The summed E-state index contributed by atoms with van der Waals surface area (Å²) in [6.07, 6.45) is 5.25. The molecule has 2 aromatic heterocycles. The highest BCUT2D eigenvalue weighted by Crippen LogP contribution is 2.25. The molecule has 3 rings (SSSR count). The van der Waals surface area contributed by atoms with Crippen molar-refractivity contribution in [1.29, 1.82) is 0 Å². The summed E-state index contributed by atoms with van der Waals surface area (Å²) in [5.41, 5.74) is 3.44. The van der Waals surface area contributed by atoms with Gasteiger partial charge in [0.2, 0.25) is 0 Å². The first-order valence-electron chi connectivity index (χ1n) is 7.46. The zero-order valence-corrected chi connectivity index (χ0v) is 16.0. The van der Waals surface area contributed by atoms with Crippen LogP contribution in [0.15, 0.2) is 36.8 Å². The van der Waals surface area contributed by atoms with Crippen LogP contribution in [0, 0.1) is 6.92 Å². The molecule has 6 nitrogen and oxygen atoms in total. The molecule has 0 aliphatic heterocycles. The number of anilines is 2. The first-order valence-corrected chi connectivity index (χ1v) is 8.62. The molecule has 0 amide bonds. The van der Waals surface area contributed by atoms with Gasteiger partial charge in [-0.1, -0.05) is 29.3 Å². The third kappa shape index (κ3) is 4.12. The van der Waals surface area contributed by atoms with Gasteiger partial charge >= 0.3 is 0 Å². The Labute approximate surface area is 160 Å². The first kappa shape index (κ1) is 17.7. The van der Waals surface area contributed by atoms with Gasteiger partial charge < -0.3 is 10.6 Å². The van der Waals surface area contributed by atoms with Crippen molar-refractivity contribution in [2.24, 2.45) is 7.05 Å². The smallest absolute Gasteiger partial charge is 0.175 e. The maximum Gasteiger partial charge on any atom is 0.175 e. The van der Waals surface area contributed by atoms with Gasteiger partial charge in [-0.05, 0) is 31.3 Å². The summed E-state index contributed by atoms with van der Waals surface area (Å²) in [7, 11) is 1.88. The van der Waals surface area contributed by atoms with Gasteiger partial charge in [-0.15, -0.1) is 0 Å². The number of aromatic nitrogens is 4. The van der Waals surface area contributed by atoms with Crippen LogP contribution in [0.25, 0.3) is 0 Å². The van der Waals surface area contributed by atoms with E-state index in [0.717, 1.165) is 22.6 Å². The molecular weight excluding hydrogens is 379 g/mol. The lowest BCUT2D eigenvalue weighted by atomic mass is 10.2. The lowest BCUT2D eigenvalue weighted by molar-refractivity contribution is 0.687. The van der Waals surface area contributed by atoms with E-state index in [1.54, 1.807) is 33.9 Å².